The first-order chi connectivity index (χ1) is 12.8. The number of aromatic nitrogens is 1. The molecule has 2 aromatic carbocycles. The lowest BCUT2D eigenvalue weighted by molar-refractivity contribution is 0.112. The quantitative estimate of drug-likeness (QED) is 0.681. The lowest BCUT2D eigenvalue weighted by Crippen LogP contribution is -2.47. The summed E-state index contributed by atoms with van der Waals surface area (Å²) in [4.78, 5) is 5.05. The molecule has 136 valence electrons. The van der Waals surface area contributed by atoms with Gasteiger partial charge in [0.25, 0.3) is 0 Å². The van der Waals surface area contributed by atoms with E-state index in [1.54, 1.807) is 0 Å². The highest BCUT2D eigenvalue weighted by Gasteiger charge is 2.17. The summed E-state index contributed by atoms with van der Waals surface area (Å²) < 4.78 is 8.02. The SMILES string of the molecule is Cn1ccc2ccc(CN3CCN(CCOc4ccccc4)CC3)cc21. The summed E-state index contributed by atoms with van der Waals surface area (Å²) in [5, 5.41) is 1.32. The molecule has 0 atom stereocenters. The van der Waals surface area contributed by atoms with E-state index in [1.807, 2.05) is 30.3 Å². The summed E-state index contributed by atoms with van der Waals surface area (Å²) in [6.07, 6.45) is 2.13. The second-order valence-corrected chi connectivity index (χ2v) is 7.10. The van der Waals surface area contributed by atoms with E-state index in [2.05, 4.69) is 51.9 Å². The van der Waals surface area contributed by atoms with Gasteiger partial charge >= 0.3 is 0 Å². The van der Waals surface area contributed by atoms with Crippen LogP contribution in [0, 0.1) is 0 Å². The number of fused-ring (bicyclic) bond motifs is 1. The average molecular weight is 349 g/mol. The maximum atomic E-state index is 5.82. The topological polar surface area (TPSA) is 20.6 Å². The third-order valence-corrected chi connectivity index (χ3v) is 5.24. The molecule has 1 fully saturated rings. The first-order valence-electron chi connectivity index (χ1n) is 9.44. The van der Waals surface area contributed by atoms with E-state index in [4.69, 9.17) is 4.74 Å². The minimum Gasteiger partial charge on any atom is -0.492 e. The van der Waals surface area contributed by atoms with E-state index in [0.29, 0.717) is 0 Å². The highest BCUT2D eigenvalue weighted by molar-refractivity contribution is 5.80. The van der Waals surface area contributed by atoms with Crippen LogP contribution >= 0.6 is 0 Å². The van der Waals surface area contributed by atoms with Crippen molar-refractivity contribution >= 4 is 10.9 Å². The first-order valence-corrected chi connectivity index (χ1v) is 9.44. The summed E-state index contributed by atoms with van der Waals surface area (Å²) in [5.74, 6) is 0.960. The second-order valence-electron chi connectivity index (χ2n) is 7.10. The molecule has 0 amide bonds. The number of aryl methyl sites for hydroxylation is 1. The maximum absolute atomic E-state index is 5.82. The van der Waals surface area contributed by atoms with Crippen LogP contribution in [0.1, 0.15) is 5.56 Å². The van der Waals surface area contributed by atoms with Gasteiger partial charge < -0.3 is 9.30 Å². The Labute approximate surface area is 155 Å². The van der Waals surface area contributed by atoms with E-state index in [9.17, 15) is 0 Å². The van der Waals surface area contributed by atoms with Gasteiger partial charge in [-0.3, -0.25) is 9.80 Å². The standard InChI is InChI=1S/C22H27N3O/c1-23-10-9-20-8-7-19(17-22(20)23)18-25-13-11-24(12-14-25)15-16-26-21-5-3-2-4-6-21/h2-10,17H,11-16,18H2,1H3. The molecule has 4 nitrogen and oxygen atoms in total. The number of nitrogens with zero attached hydrogens (tertiary/aromatic N) is 3. The number of ether oxygens (including phenoxy) is 1. The van der Waals surface area contributed by atoms with Crippen molar-refractivity contribution in [2.75, 3.05) is 39.3 Å². The third-order valence-electron chi connectivity index (χ3n) is 5.24. The van der Waals surface area contributed by atoms with Gasteiger partial charge in [0.05, 0.1) is 0 Å². The second kappa shape index (κ2) is 7.94. The van der Waals surface area contributed by atoms with Crippen molar-refractivity contribution in [2.45, 2.75) is 6.54 Å². The Morgan fingerprint density at radius 1 is 0.885 bits per heavy atom. The van der Waals surface area contributed by atoms with E-state index in [1.165, 1.54) is 16.5 Å². The van der Waals surface area contributed by atoms with Crippen molar-refractivity contribution in [3.8, 4) is 5.75 Å². The molecule has 2 heterocycles. The van der Waals surface area contributed by atoms with Gasteiger partial charge in [-0.05, 0) is 35.2 Å². The van der Waals surface area contributed by atoms with Crippen molar-refractivity contribution in [1.29, 1.82) is 0 Å². The summed E-state index contributed by atoms with van der Waals surface area (Å²) in [7, 11) is 2.11. The molecule has 3 aromatic rings. The van der Waals surface area contributed by atoms with Crippen molar-refractivity contribution in [3.05, 3.63) is 66.4 Å². The van der Waals surface area contributed by atoms with Crippen LogP contribution in [0.2, 0.25) is 0 Å². The molecule has 1 aliphatic heterocycles. The summed E-state index contributed by atoms with van der Waals surface area (Å²) in [6, 6.07) is 19.1. The Bertz CT molecular complexity index is 835. The summed E-state index contributed by atoms with van der Waals surface area (Å²) >= 11 is 0. The van der Waals surface area contributed by atoms with Crippen LogP contribution in [-0.4, -0.2) is 53.7 Å². The molecule has 4 rings (SSSR count). The Balaban J connectivity index is 1.23. The molecule has 1 saturated heterocycles. The van der Waals surface area contributed by atoms with Crippen molar-refractivity contribution in [1.82, 2.24) is 14.4 Å². The predicted octanol–water partition coefficient (Wildman–Crippen LogP) is 3.37. The van der Waals surface area contributed by atoms with Crippen molar-refractivity contribution in [2.24, 2.45) is 7.05 Å². The first kappa shape index (κ1) is 17.1. The number of para-hydroxylation sites is 1. The van der Waals surface area contributed by atoms with Crippen LogP contribution in [-0.2, 0) is 13.6 Å². The molecular formula is C22H27N3O. The largest absolute Gasteiger partial charge is 0.492 e. The van der Waals surface area contributed by atoms with Gasteiger partial charge in [0.1, 0.15) is 12.4 Å². The molecule has 26 heavy (non-hydrogen) atoms. The van der Waals surface area contributed by atoms with Crippen molar-refractivity contribution < 1.29 is 4.74 Å². The molecule has 1 aliphatic rings. The van der Waals surface area contributed by atoms with Gasteiger partial charge in [-0.25, -0.2) is 0 Å². The van der Waals surface area contributed by atoms with Crippen LogP contribution in [0.5, 0.6) is 5.75 Å². The Hall–Kier alpha value is -2.30. The molecule has 0 unspecified atom stereocenters. The lowest BCUT2D eigenvalue weighted by atomic mass is 10.1. The highest BCUT2D eigenvalue weighted by atomic mass is 16.5. The lowest BCUT2D eigenvalue weighted by Gasteiger charge is -2.34. The summed E-state index contributed by atoms with van der Waals surface area (Å²) in [6.45, 7) is 7.27. The fourth-order valence-corrected chi connectivity index (χ4v) is 3.64. The van der Waals surface area contributed by atoms with Gasteiger partial charge in [0.15, 0.2) is 0 Å². The molecule has 0 spiro atoms. The molecule has 0 saturated carbocycles. The molecule has 1 aromatic heterocycles. The number of piperazine rings is 1. The van der Waals surface area contributed by atoms with E-state index >= 15 is 0 Å². The number of hydrogen-bond donors (Lipinski definition) is 0. The molecule has 0 radical (unpaired) electrons. The molecule has 0 bridgehead atoms. The van der Waals surface area contributed by atoms with Crippen LogP contribution in [0.15, 0.2) is 60.8 Å². The zero-order chi connectivity index (χ0) is 17.8. The monoisotopic (exact) mass is 349 g/mol. The van der Waals surface area contributed by atoms with Gasteiger partial charge in [-0.15, -0.1) is 0 Å². The van der Waals surface area contributed by atoms with Crippen LogP contribution in [0.4, 0.5) is 0 Å². The fraction of sp³-hybridized carbons (Fsp3) is 0.364. The molecular weight excluding hydrogens is 322 g/mol. The van der Waals surface area contributed by atoms with Crippen LogP contribution < -0.4 is 4.74 Å². The zero-order valence-corrected chi connectivity index (χ0v) is 15.5. The number of rotatable bonds is 6. The van der Waals surface area contributed by atoms with Gasteiger partial charge in [-0.1, -0.05) is 30.3 Å². The molecule has 0 aliphatic carbocycles. The van der Waals surface area contributed by atoms with E-state index in [0.717, 1.165) is 51.6 Å². The molecule has 4 heteroatoms. The predicted molar refractivity (Wildman–Crippen MR) is 107 cm³/mol. The van der Waals surface area contributed by atoms with Gasteiger partial charge in [0, 0.05) is 58.0 Å². The minimum atomic E-state index is 0.758. The Morgan fingerprint density at radius 2 is 1.65 bits per heavy atom. The fourth-order valence-electron chi connectivity index (χ4n) is 3.64. The number of benzene rings is 2. The Kier molecular flexibility index (Phi) is 5.23. The zero-order valence-electron chi connectivity index (χ0n) is 15.5. The van der Waals surface area contributed by atoms with Gasteiger partial charge in [-0.2, -0.15) is 0 Å². The highest BCUT2D eigenvalue weighted by Crippen LogP contribution is 2.18. The van der Waals surface area contributed by atoms with E-state index in [-0.39, 0.29) is 0 Å². The summed E-state index contributed by atoms with van der Waals surface area (Å²) in [5.41, 5.74) is 2.72. The average Bonchev–Trinajstić information content (AvgIpc) is 3.05. The minimum absolute atomic E-state index is 0.758. The number of hydrogen-bond acceptors (Lipinski definition) is 3. The normalized spacial score (nSPS) is 16.2. The van der Waals surface area contributed by atoms with Crippen LogP contribution in [0.25, 0.3) is 10.9 Å². The van der Waals surface area contributed by atoms with Gasteiger partial charge in [0.2, 0.25) is 0 Å². The van der Waals surface area contributed by atoms with E-state index < -0.39 is 0 Å². The maximum Gasteiger partial charge on any atom is 0.119 e. The van der Waals surface area contributed by atoms with Crippen molar-refractivity contribution in [3.63, 3.8) is 0 Å². The third kappa shape index (κ3) is 4.09. The van der Waals surface area contributed by atoms with Crippen LogP contribution in [0.3, 0.4) is 0 Å². The smallest absolute Gasteiger partial charge is 0.119 e. The molecule has 0 N–H and O–H groups in total. The Morgan fingerprint density at radius 3 is 2.46 bits per heavy atom.